The lowest BCUT2D eigenvalue weighted by atomic mass is 10.0. The molecule has 0 atom stereocenters. The normalized spacial score (nSPS) is 11.2. The van der Waals surface area contributed by atoms with Crippen molar-refractivity contribution in [3.8, 4) is 5.75 Å². The Balaban J connectivity index is 1.87. The highest BCUT2D eigenvalue weighted by molar-refractivity contribution is 6.22. The molecule has 0 amide bonds. The fraction of sp³-hybridized carbons (Fsp3) is 0.192. The van der Waals surface area contributed by atoms with Crippen LogP contribution in [0.3, 0.4) is 0 Å². The second-order valence-corrected chi connectivity index (χ2v) is 7.35. The molecule has 6 nitrogen and oxygen atoms in total. The van der Waals surface area contributed by atoms with Gasteiger partial charge in [-0.15, -0.1) is 0 Å². The van der Waals surface area contributed by atoms with Crippen molar-refractivity contribution in [3.63, 3.8) is 0 Å². The first-order valence-corrected chi connectivity index (χ1v) is 10.1. The predicted molar refractivity (Wildman–Crippen MR) is 123 cm³/mol. The third kappa shape index (κ3) is 4.86. The number of nitrogens with one attached hydrogen (secondary N) is 1. The summed E-state index contributed by atoms with van der Waals surface area (Å²) < 4.78 is 10.8. The number of para-hydroxylation sites is 1. The Morgan fingerprint density at radius 3 is 2.25 bits per heavy atom. The van der Waals surface area contributed by atoms with Crippen LogP contribution in [0.4, 0.5) is 0 Å². The van der Waals surface area contributed by atoms with Crippen molar-refractivity contribution in [3.05, 3.63) is 88.2 Å². The molecule has 0 saturated carbocycles. The number of H-pyrrole nitrogens is 1. The van der Waals surface area contributed by atoms with E-state index < -0.39 is 18.4 Å². The van der Waals surface area contributed by atoms with Gasteiger partial charge in [0.25, 0.3) is 0 Å². The van der Waals surface area contributed by atoms with Crippen LogP contribution >= 0.6 is 0 Å². The standard InChI is InChI=1S/C26H25NO5/c1-16-24(18(3)28)17(2)27-25(16)22(29)15-32-26(30)21(19-10-6-5-7-11-19)14-20-12-8-9-13-23(20)31-4/h5-14,27H,15H2,1-4H3. The van der Waals surface area contributed by atoms with E-state index in [-0.39, 0.29) is 11.5 Å². The van der Waals surface area contributed by atoms with Crippen LogP contribution in [0.25, 0.3) is 11.6 Å². The number of carbonyl (C=O) groups is 3. The SMILES string of the molecule is COc1ccccc1C=C(C(=O)OCC(=O)c1[nH]c(C)c(C(C)=O)c1C)c1ccccc1. The van der Waals surface area contributed by atoms with Crippen LogP contribution in [0.15, 0.2) is 54.6 Å². The molecule has 0 unspecified atom stereocenters. The van der Waals surface area contributed by atoms with Gasteiger partial charge in [-0.1, -0.05) is 48.5 Å². The highest BCUT2D eigenvalue weighted by atomic mass is 16.5. The summed E-state index contributed by atoms with van der Waals surface area (Å²) in [6.45, 7) is 4.43. The fourth-order valence-corrected chi connectivity index (χ4v) is 3.66. The van der Waals surface area contributed by atoms with Crippen molar-refractivity contribution in [2.75, 3.05) is 13.7 Å². The molecule has 0 aliphatic heterocycles. The Hall–Kier alpha value is -3.93. The lowest BCUT2D eigenvalue weighted by Gasteiger charge is -2.10. The van der Waals surface area contributed by atoms with E-state index in [1.54, 1.807) is 45.2 Å². The number of benzene rings is 2. The van der Waals surface area contributed by atoms with Crippen molar-refractivity contribution in [2.24, 2.45) is 0 Å². The minimum absolute atomic E-state index is 0.126. The van der Waals surface area contributed by atoms with Gasteiger partial charge in [-0.2, -0.15) is 0 Å². The maximum Gasteiger partial charge on any atom is 0.339 e. The van der Waals surface area contributed by atoms with E-state index in [9.17, 15) is 14.4 Å². The van der Waals surface area contributed by atoms with Crippen LogP contribution in [-0.2, 0) is 9.53 Å². The number of Topliss-reactive ketones (excluding diaryl/α,β-unsaturated/α-hetero) is 2. The zero-order valence-electron chi connectivity index (χ0n) is 18.5. The highest BCUT2D eigenvalue weighted by Gasteiger charge is 2.22. The van der Waals surface area contributed by atoms with E-state index in [2.05, 4.69) is 4.98 Å². The molecule has 0 spiro atoms. The number of aromatic amines is 1. The zero-order chi connectivity index (χ0) is 23.3. The summed E-state index contributed by atoms with van der Waals surface area (Å²) in [6.07, 6.45) is 1.68. The molecule has 0 fully saturated rings. The van der Waals surface area contributed by atoms with Crippen molar-refractivity contribution < 1.29 is 23.9 Å². The van der Waals surface area contributed by atoms with Crippen molar-refractivity contribution in [1.29, 1.82) is 0 Å². The zero-order valence-corrected chi connectivity index (χ0v) is 18.5. The third-order valence-corrected chi connectivity index (χ3v) is 5.15. The van der Waals surface area contributed by atoms with Crippen LogP contribution in [0, 0.1) is 13.8 Å². The topological polar surface area (TPSA) is 85.5 Å². The van der Waals surface area contributed by atoms with E-state index in [1.165, 1.54) is 6.92 Å². The summed E-state index contributed by atoms with van der Waals surface area (Å²) in [4.78, 5) is 40.5. The van der Waals surface area contributed by atoms with Gasteiger partial charge in [0.15, 0.2) is 12.4 Å². The van der Waals surface area contributed by atoms with Gasteiger partial charge in [0.1, 0.15) is 5.75 Å². The van der Waals surface area contributed by atoms with Crippen molar-refractivity contribution in [2.45, 2.75) is 20.8 Å². The average Bonchev–Trinajstić information content (AvgIpc) is 3.10. The number of aromatic nitrogens is 1. The Labute approximate surface area is 186 Å². The molecule has 3 rings (SSSR count). The average molecular weight is 431 g/mol. The van der Waals surface area contributed by atoms with Crippen LogP contribution < -0.4 is 4.74 Å². The van der Waals surface area contributed by atoms with Gasteiger partial charge in [0, 0.05) is 16.8 Å². The second-order valence-electron chi connectivity index (χ2n) is 7.35. The summed E-state index contributed by atoms with van der Waals surface area (Å²) in [5, 5.41) is 0. The van der Waals surface area contributed by atoms with Gasteiger partial charge in [-0.3, -0.25) is 9.59 Å². The van der Waals surface area contributed by atoms with Gasteiger partial charge in [-0.25, -0.2) is 4.79 Å². The first kappa shape index (κ1) is 22.7. The Morgan fingerprint density at radius 1 is 0.969 bits per heavy atom. The van der Waals surface area contributed by atoms with Crippen LogP contribution in [0.5, 0.6) is 5.75 Å². The van der Waals surface area contributed by atoms with Gasteiger partial charge in [-0.05, 0) is 44.0 Å². The molecule has 0 bridgehead atoms. The van der Waals surface area contributed by atoms with Crippen molar-refractivity contribution in [1.82, 2.24) is 4.98 Å². The highest BCUT2D eigenvalue weighted by Crippen LogP contribution is 2.26. The van der Waals surface area contributed by atoms with E-state index in [0.717, 1.165) is 0 Å². The summed E-state index contributed by atoms with van der Waals surface area (Å²) in [5.41, 5.74) is 3.60. The smallest absolute Gasteiger partial charge is 0.339 e. The summed E-state index contributed by atoms with van der Waals surface area (Å²) in [5.74, 6) is -0.559. The number of esters is 1. The summed E-state index contributed by atoms with van der Waals surface area (Å²) in [7, 11) is 1.56. The second kappa shape index (κ2) is 9.92. The number of carbonyl (C=O) groups excluding carboxylic acids is 3. The molecule has 164 valence electrons. The Morgan fingerprint density at radius 2 is 1.62 bits per heavy atom. The Kier molecular flexibility index (Phi) is 7.05. The fourth-order valence-electron chi connectivity index (χ4n) is 3.66. The van der Waals surface area contributed by atoms with E-state index >= 15 is 0 Å². The number of methoxy groups -OCH3 is 1. The minimum Gasteiger partial charge on any atom is -0.496 e. The molecule has 1 N–H and O–H groups in total. The van der Waals surface area contributed by atoms with Crippen LogP contribution in [0.1, 0.15) is 50.2 Å². The van der Waals surface area contributed by atoms with Gasteiger partial charge < -0.3 is 14.5 Å². The monoisotopic (exact) mass is 431 g/mol. The maximum absolute atomic E-state index is 13.0. The van der Waals surface area contributed by atoms with E-state index in [1.807, 2.05) is 36.4 Å². The molecule has 2 aromatic carbocycles. The maximum atomic E-state index is 13.0. The number of hydrogen-bond acceptors (Lipinski definition) is 5. The van der Waals surface area contributed by atoms with Crippen LogP contribution in [-0.4, -0.2) is 36.2 Å². The molecule has 0 radical (unpaired) electrons. The number of rotatable bonds is 8. The number of aryl methyl sites for hydroxylation is 1. The van der Waals surface area contributed by atoms with Crippen LogP contribution in [0.2, 0.25) is 0 Å². The molecule has 6 heteroatoms. The number of hydrogen-bond donors (Lipinski definition) is 1. The quantitative estimate of drug-likeness (QED) is 0.239. The minimum atomic E-state index is -0.636. The molecule has 1 heterocycles. The summed E-state index contributed by atoms with van der Waals surface area (Å²) in [6, 6.07) is 16.4. The first-order chi connectivity index (χ1) is 15.3. The van der Waals surface area contributed by atoms with Gasteiger partial charge in [0.05, 0.1) is 18.4 Å². The molecule has 3 aromatic rings. The van der Waals surface area contributed by atoms with Crippen molar-refractivity contribution >= 4 is 29.2 Å². The molecule has 32 heavy (non-hydrogen) atoms. The Bertz CT molecular complexity index is 1190. The lowest BCUT2D eigenvalue weighted by Crippen LogP contribution is -2.16. The van der Waals surface area contributed by atoms with E-state index in [4.69, 9.17) is 9.47 Å². The third-order valence-electron chi connectivity index (χ3n) is 5.15. The molecular weight excluding hydrogens is 406 g/mol. The number of ketones is 2. The van der Waals surface area contributed by atoms with Gasteiger partial charge >= 0.3 is 5.97 Å². The molecule has 0 aliphatic rings. The number of ether oxygens (including phenoxy) is 2. The summed E-state index contributed by atoms with van der Waals surface area (Å²) >= 11 is 0. The van der Waals surface area contributed by atoms with Gasteiger partial charge in [0.2, 0.25) is 5.78 Å². The predicted octanol–water partition coefficient (Wildman–Crippen LogP) is 4.81. The molecule has 0 aliphatic carbocycles. The largest absolute Gasteiger partial charge is 0.496 e. The molecular formula is C26H25NO5. The molecule has 1 aromatic heterocycles. The first-order valence-electron chi connectivity index (χ1n) is 10.1. The van der Waals surface area contributed by atoms with E-state index in [0.29, 0.717) is 39.3 Å². The lowest BCUT2D eigenvalue weighted by molar-refractivity contribution is -0.135. The molecule has 0 saturated heterocycles.